The molecular formula is C15H9Cl2F3N4OS. The van der Waals surface area contributed by atoms with Crippen LogP contribution in [0.5, 0.6) is 0 Å². The summed E-state index contributed by atoms with van der Waals surface area (Å²) in [5.74, 6) is -0.569. The number of benzene rings is 1. The second-order valence-corrected chi connectivity index (χ2v) is 6.88. The van der Waals surface area contributed by atoms with Crippen LogP contribution in [0.15, 0.2) is 41.7 Å². The highest BCUT2D eigenvalue weighted by molar-refractivity contribution is 7.99. The largest absolute Gasteiger partial charge is 0.416 e. The molecule has 0 aliphatic rings. The zero-order chi connectivity index (χ0) is 18.9. The van der Waals surface area contributed by atoms with Crippen molar-refractivity contribution in [2.24, 2.45) is 0 Å². The number of alkyl halides is 3. The zero-order valence-electron chi connectivity index (χ0n) is 12.7. The lowest BCUT2D eigenvalue weighted by Gasteiger charge is -2.09. The lowest BCUT2D eigenvalue weighted by atomic mass is 10.2. The van der Waals surface area contributed by atoms with Crippen LogP contribution in [0, 0.1) is 0 Å². The predicted molar refractivity (Wildman–Crippen MR) is 93.8 cm³/mol. The summed E-state index contributed by atoms with van der Waals surface area (Å²) in [6.45, 7) is 0. The van der Waals surface area contributed by atoms with Gasteiger partial charge in [-0.15, -0.1) is 10.2 Å². The lowest BCUT2D eigenvalue weighted by Crippen LogP contribution is -2.15. The Kier molecular flexibility index (Phi) is 5.31. The number of hydrogen-bond acceptors (Lipinski definition) is 4. The van der Waals surface area contributed by atoms with Gasteiger partial charge in [-0.25, -0.2) is 0 Å². The number of pyridine rings is 1. The Morgan fingerprint density at radius 3 is 2.73 bits per heavy atom. The summed E-state index contributed by atoms with van der Waals surface area (Å²) in [5.41, 5.74) is -0.393. The fraction of sp³-hybridized carbons (Fsp3) is 0.133. The van der Waals surface area contributed by atoms with Crippen molar-refractivity contribution < 1.29 is 18.0 Å². The number of halogens is 5. The topological polar surface area (TPSA) is 59.3 Å². The van der Waals surface area contributed by atoms with Gasteiger partial charge in [0.2, 0.25) is 5.91 Å². The zero-order valence-corrected chi connectivity index (χ0v) is 15.0. The number of carbonyl (C=O) groups is 1. The first-order valence-corrected chi connectivity index (χ1v) is 8.78. The first kappa shape index (κ1) is 18.8. The summed E-state index contributed by atoms with van der Waals surface area (Å²) in [4.78, 5) is 12.0. The molecule has 0 radical (unpaired) electrons. The molecule has 0 saturated carbocycles. The Morgan fingerprint density at radius 2 is 2.00 bits per heavy atom. The average Bonchev–Trinajstić information content (AvgIpc) is 2.95. The highest BCUT2D eigenvalue weighted by Gasteiger charge is 2.30. The van der Waals surface area contributed by atoms with Crippen molar-refractivity contribution in [3.63, 3.8) is 0 Å². The van der Waals surface area contributed by atoms with Gasteiger partial charge in [-0.05, 0) is 24.3 Å². The van der Waals surface area contributed by atoms with Crippen molar-refractivity contribution in [2.75, 3.05) is 11.1 Å². The molecule has 0 aliphatic carbocycles. The fourth-order valence-corrected chi connectivity index (χ4v) is 3.32. The minimum atomic E-state index is -4.48. The first-order valence-electron chi connectivity index (χ1n) is 7.04. The first-order chi connectivity index (χ1) is 12.2. The molecular weight excluding hydrogens is 412 g/mol. The molecule has 2 heterocycles. The molecule has 11 heteroatoms. The standard InChI is InChI=1S/C15H9Cl2F3N4OS/c16-9-5-11(17)13-22-23-14(24(13)6-9)26-7-12(25)21-10-3-1-2-8(4-10)15(18,19)20/h1-6H,7H2,(H,21,25). The molecule has 1 N–H and O–H groups in total. The van der Waals surface area contributed by atoms with Crippen LogP contribution in [0.2, 0.25) is 10.0 Å². The van der Waals surface area contributed by atoms with E-state index in [-0.39, 0.29) is 11.4 Å². The van der Waals surface area contributed by atoms with Crippen molar-refractivity contribution >= 4 is 52.2 Å². The molecule has 26 heavy (non-hydrogen) atoms. The Labute approximate surface area is 159 Å². The van der Waals surface area contributed by atoms with E-state index in [1.54, 1.807) is 6.20 Å². The molecule has 0 spiro atoms. The molecule has 2 aromatic heterocycles. The number of rotatable bonds is 4. The van der Waals surface area contributed by atoms with E-state index in [9.17, 15) is 18.0 Å². The van der Waals surface area contributed by atoms with Gasteiger partial charge in [0, 0.05) is 11.9 Å². The minimum absolute atomic E-state index is 0.0580. The number of nitrogens with one attached hydrogen (secondary N) is 1. The van der Waals surface area contributed by atoms with Crippen molar-refractivity contribution in [1.29, 1.82) is 0 Å². The van der Waals surface area contributed by atoms with Crippen molar-refractivity contribution in [3.05, 3.63) is 52.1 Å². The number of amides is 1. The van der Waals surface area contributed by atoms with Crippen LogP contribution in [0.4, 0.5) is 18.9 Å². The number of aromatic nitrogens is 3. The Hall–Kier alpha value is -1.97. The normalized spacial score (nSPS) is 11.7. The van der Waals surface area contributed by atoms with Crippen molar-refractivity contribution in [3.8, 4) is 0 Å². The SMILES string of the molecule is O=C(CSc1nnc2c(Cl)cc(Cl)cn12)Nc1cccc(C(F)(F)F)c1. The second-order valence-electron chi connectivity index (χ2n) is 5.10. The third kappa shape index (κ3) is 4.22. The quantitative estimate of drug-likeness (QED) is 0.616. The van der Waals surface area contributed by atoms with E-state index in [0.717, 1.165) is 23.9 Å². The molecule has 1 aromatic carbocycles. The lowest BCUT2D eigenvalue weighted by molar-refractivity contribution is -0.137. The number of thioether (sulfide) groups is 1. The van der Waals surface area contributed by atoms with Gasteiger partial charge >= 0.3 is 6.18 Å². The molecule has 136 valence electrons. The Morgan fingerprint density at radius 1 is 1.23 bits per heavy atom. The highest BCUT2D eigenvalue weighted by Crippen LogP contribution is 2.31. The third-order valence-electron chi connectivity index (χ3n) is 3.20. The Balaban J connectivity index is 1.69. The second kappa shape index (κ2) is 7.34. The van der Waals surface area contributed by atoms with Crippen LogP contribution in [0.3, 0.4) is 0 Å². The van der Waals surface area contributed by atoms with E-state index in [2.05, 4.69) is 15.5 Å². The van der Waals surface area contributed by atoms with Gasteiger partial charge in [0.05, 0.1) is 21.4 Å². The highest BCUT2D eigenvalue weighted by atomic mass is 35.5. The van der Waals surface area contributed by atoms with Gasteiger partial charge in [0.25, 0.3) is 0 Å². The summed E-state index contributed by atoms with van der Waals surface area (Å²) in [7, 11) is 0. The van der Waals surface area contributed by atoms with E-state index < -0.39 is 17.6 Å². The summed E-state index contributed by atoms with van der Waals surface area (Å²) < 4.78 is 39.6. The average molecular weight is 421 g/mol. The molecule has 0 unspecified atom stereocenters. The van der Waals surface area contributed by atoms with E-state index in [1.807, 2.05) is 0 Å². The third-order valence-corrected chi connectivity index (χ3v) is 4.63. The molecule has 3 rings (SSSR count). The van der Waals surface area contributed by atoms with Gasteiger partial charge in [-0.2, -0.15) is 13.2 Å². The molecule has 3 aromatic rings. The summed E-state index contributed by atoms with van der Waals surface area (Å²) >= 11 is 13.0. The maximum atomic E-state index is 12.7. The molecule has 0 bridgehead atoms. The fourth-order valence-electron chi connectivity index (χ4n) is 2.10. The summed E-state index contributed by atoms with van der Waals surface area (Å²) in [6, 6.07) is 5.92. The van der Waals surface area contributed by atoms with E-state index in [0.29, 0.717) is 20.8 Å². The van der Waals surface area contributed by atoms with Gasteiger partial charge in [0.15, 0.2) is 10.8 Å². The number of carbonyl (C=O) groups excluding carboxylic acids is 1. The number of hydrogen-bond donors (Lipinski definition) is 1. The van der Waals surface area contributed by atoms with Crippen molar-refractivity contribution in [1.82, 2.24) is 14.6 Å². The van der Waals surface area contributed by atoms with Gasteiger partial charge in [0.1, 0.15) is 0 Å². The number of anilines is 1. The number of fused-ring (bicyclic) bond motifs is 1. The molecule has 0 aliphatic heterocycles. The van der Waals surface area contributed by atoms with Crippen LogP contribution < -0.4 is 5.32 Å². The summed E-state index contributed by atoms with van der Waals surface area (Å²) in [6.07, 6.45) is -2.93. The molecule has 0 atom stereocenters. The Bertz CT molecular complexity index is 977. The van der Waals surface area contributed by atoms with E-state index in [1.165, 1.54) is 22.6 Å². The smallest absolute Gasteiger partial charge is 0.325 e. The van der Waals surface area contributed by atoms with E-state index >= 15 is 0 Å². The van der Waals surface area contributed by atoms with Crippen molar-refractivity contribution in [2.45, 2.75) is 11.3 Å². The van der Waals surface area contributed by atoms with Gasteiger partial charge in [-0.3, -0.25) is 9.20 Å². The molecule has 0 fully saturated rings. The van der Waals surface area contributed by atoms with Crippen LogP contribution in [-0.2, 0) is 11.0 Å². The summed E-state index contributed by atoms with van der Waals surface area (Å²) in [5, 5.41) is 11.3. The molecule has 1 amide bonds. The van der Waals surface area contributed by atoms with Gasteiger partial charge < -0.3 is 5.32 Å². The maximum Gasteiger partial charge on any atom is 0.416 e. The molecule has 0 saturated heterocycles. The van der Waals surface area contributed by atoms with Gasteiger partial charge in [-0.1, -0.05) is 41.0 Å². The van der Waals surface area contributed by atoms with Crippen LogP contribution in [0.25, 0.3) is 5.65 Å². The monoisotopic (exact) mass is 420 g/mol. The number of nitrogens with zero attached hydrogens (tertiary/aromatic N) is 3. The minimum Gasteiger partial charge on any atom is -0.325 e. The van der Waals surface area contributed by atoms with Crippen LogP contribution in [-0.4, -0.2) is 26.3 Å². The molecule has 5 nitrogen and oxygen atoms in total. The predicted octanol–water partition coefficient (Wildman–Crippen LogP) is 4.79. The maximum absolute atomic E-state index is 12.7. The van der Waals surface area contributed by atoms with Crippen LogP contribution >= 0.6 is 35.0 Å². The van der Waals surface area contributed by atoms with Crippen LogP contribution in [0.1, 0.15) is 5.56 Å². The van der Waals surface area contributed by atoms with E-state index in [4.69, 9.17) is 23.2 Å².